The minimum atomic E-state index is -1.97. The van der Waals surface area contributed by atoms with Crippen LogP contribution in [-0.2, 0) is 85.8 Å². The van der Waals surface area contributed by atoms with Gasteiger partial charge in [-0.15, -0.1) is 0 Å². The maximum absolute atomic E-state index is 14.0. The van der Waals surface area contributed by atoms with Crippen LogP contribution in [-0.4, -0.2) is 104 Å². The third-order valence-electron chi connectivity index (χ3n) is 10.4. The molecule has 2 aliphatic heterocycles. The van der Waals surface area contributed by atoms with Crippen LogP contribution in [0.3, 0.4) is 0 Å². The molecule has 3 N–H and O–H groups in total. The fourth-order valence-electron chi connectivity index (χ4n) is 7.36. The molecule has 0 saturated carbocycles. The lowest BCUT2D eigenvalue weighted by molar-refractivity contribution is -0.188. The van der Waals surface area contributed by atoms with Gasteiger partial charge in [-0.3, -0.25) is 19.2 Å². The number of pyridine rings is 2. The summed E-state index contributed by atoms with van der Waals surface area (Å²) in [5.74, 6) is -2.39. The van der Waals surface area contributed by atoms with Crippen molar-refractivity contribution >= 4 is 40.6 Å². The molecule has 0 saturated heterocycles. The maximum atomic E-state index is 14.0. The Kier molecular flexibility index (Phi) is 15.4. The first-order chi connectivity index (χ1) is 30.5. The number of amides is 2. The summed E-state index contributed by atoms with van der Waals surface area (Å²) in [6.07, 6.45) is -0.348. The smallest absolute Gasteiger partial charge is 0.407 e. The second-order valence-electron chi connectivity index (χ2n) is 14.5. The molecule has 2 aliphatic rings. The molecule has 4 heterocycles. The van der Waals surface area contributed by atoms with Gasteiger partial charge in [0, 0.05) is 40.9 Å². The highest BCUT2D eigenvalue weighted by Crippen LogP contribution is 2.42. The Morgan fingerprint density at radius 1 is 0.952 bits per heavy atom. The zero-order valence-electron chi connectivity index (χ0n) is 34.8. The van der Waals surface area contributed by atoms with Crippen LogP contribution >= 0.6 is 0 Å². The number of phenols is 1. The number of hydrogen-bond acceptors (Lipinski definition) is 15. The van der Waals surface area contributed by atoms with E-state index in [1.807, 2.05) is 6.92 Å². The first-order valence-corrected chi connectivity index (χ1v) is 20.3. The molecule has 332 valence electrons. The highest BCUT2D eigenvalue weighted by atomic mass is 16.6. The van der Waals surface area contributed by atoms with Gasteiger partial charge < -0.3 is 48.7 Å². The number of ketones is 1. The predicted octanol–water partition coefficient (Wildman–Crippen LogP) is 3.41. The molecule has 1 atom stereocenters. The molecule has 6 rings (SSSR count). The van der Waals surface area contributed by atoms with Crippen molar-refractivity contribution in [3.05, 3.63) is 103 Å². The maximum Gasteiger partial charge on any atom is 0.407 e. The Balaban J connectivity index is 0.950. The molecule has 0 unspecified atom stereocenters. The Hall–Kier alpha value is -6.86. The molecule has 63 heavy (non-hydrogen) atoms. The van der Waals surface area contributed by atoms with Crippen molar-refractivity contribution in [2.45, 2.75) is 58.5 Å². The number of nitrogens with zero attached hydrogens (tertiary/aromatic N) is 5. The molecule has 4 aromatic rings. The number of benzene rings is 2. The Morgan fingerprint density at radius 2 is 1.71 bits per heavy atom. The first kappa shape index (κ1) is 45.7. The number of rotatable bonds is 22. The van der Waals surface area contributed by atoms with Gasteiger partial charge in [-0.25, -0.2) is 14.6 Å². The summed E-state index contributed by atoms with van der Waals surface area (Å²) >= 11 is 0. The molecule has 0 bridgehead atoms. The molecular weight excluding hydrogens is 823 g/mol. The van der Waals surface area contributed by atoms with Crippen LogP contribution in [0.5, 0.6) is 5.75 Å². The number of Topliss-reactive ketones (excluding diaryl/α,β-unsaturated/α-hetero) is 1. The van der Waals surface area contributed by atoms with Gasteiger partial charge >= 0.3 is 18.0 Å². The van der Waals surface area contributed by atoms with Crippen molar-refractivity contribution < 1.29 is 57.5 Å². The lowest BCUT2D eigenvalue weighted by Gasteiger charge is -2.35. The van der Waals surface area contributed by atoms with E-state index in [2.05, 4.69) is 20.7 Å². The van der Waals surface area contributed by atoms with E-state index < -0.39 is 41.6 Å². The molecule has 2 amide bonds. The fourth-order valence-corrected chi connectivity index (χ4v) is 7.36. The van der Waals surface area contributed by atoms with Crippen LogP contribution in [0.15, 0.2) is 58.4 Å². The van der Waals surface area contributed by atoms with E-state index in [-0.39, 0.29) is 88.2 Å². The van der Waals surface area contributed by atoms with E-state index >= 15 is 0 Å². The van der Waals surface area contributed by atoms with Gasteiger partial charge in [-0.2, -0.15) is 0 Å². The standard InChI is InChI=1S/C43H47N7O13/c1-3-30-31-18-28(51)9-10-35(31)48-39-32(30)21-50-36(39)19-34-33(40(50)55)24-61-41(56)43(34,4-2)63-38(54)20-46-42(57)62-22-27-7-5-26(6-8-27)17-29(52)23-60-25-37(53)45-11-13-58-15-16-59-14-12-47-49-44/h5-10,18-19,51H,3-4,11-17,20-25H2,1-2H3,(H,45,53)(H,46,57)/t43-/m0/s1. The van der Waals surface area contributed by atoms with E-state index in [1.165, 1.54) is 6.07 Å². The quantitative estimate of drug-likeness (QED) is 0.0225. The molecule has 0 aliphatic carbocycles. The average Bonchev–Trinajstić information content (AvgIpc) is 3.64. The number of alkyl carbamates (subject to hydrolysis) is 1. The summed E-state index contributed by atoms with van der Waals surface area (Å²) in [6, 6.07) is 13.2. The zero-order valence-corrected chi connectivity index (χ0v) is 34.8. The fraction of sp³-hybridized carbons (Fsp3) is 0.419. The monoisotopic (exact) mass is 869 g/mol. The normalized spacial score (nSPS) is 14.7. The third kappa shape index (κ3) is 11.0. The topological polar surface area (TPSA) is 269 Å². The number of esters is 2. The molecule has 20 heteroatoms. The SMILES string of the molecule is CCc1c2c(nc3ccc(O)cc13)-c1cc3c(c(=O)n1C2)COC(=O)[C@@]3(CC)OC(=O)CNC(=O)OCc1ccc(CC(=O)COCC(=O)NCCOCCOCCN=[N+]=[N-])cc1. The van der Waals surface area contributed by atoms with Crippen molar-refractivity contribution in [1.82, 2.24) is 20.2 Å². The van der Waals surface area contributed by atoms with Gasteiger partial charge in [-0.1, -0.05) is 43.2 Å². The summed E-state index contributed by atoms with van der Waals surface area (Å²) in [5.41, 5.74) is 10.8. The minimum absolute atomic E-state index is 0.0477. The summed E-state index contributed by atoms with van der Waals surface area (Å²) in [6.45, 7) is 3.80. The number of carbonyl (C=O) groups is 5. The van der Waals surface area contributed by atoms with Crippen molar-refractivity contribution in [2.24, 2.45) is 5.11 Å². The van der Waals surface area contributed by atoms with Gasteiger partial charge in [-0.05, 0) is 59.3 Å². The summed E-state index contributed by atoms with van der Waals surface area (Å²) < 4.78 is 33.8. The van der Waals surface area contributed by atoms with E-state index in [4.69, 9.17) is 38.9 Å². The van der Waals surface area contributed by atoms with Crippen molar-refractivity contribution in [1.29, 1.82) is 0 Å². The number of carbonyl (C=O) groups excluding carboxylic acids is 5. The van der Waals surface area contributed by atoms with Crippen molar-refractivity contribution in [3.63, 3.8) is 0 Å². The number of cyclic esters (lactones) is 1. The molecule has 20 nitrogen and oxygen atoms in total. The highest BCUT2D eigenvalue weighted by Gasteiger charge is 2.50. The molecular formula is C43H47N7O13. The number of fused-ring (bicyclic) bond motifs is 5. The average molecular weight is 870 g/mol. The van der Waals surface area contributed by atoms with Crippen LogP contribution in [0.2, 0.25) is 0 Å². The van der Waals surface area contributed by atoms with Gasteiger partial charge in [0.25, 0.3) is 5.56 Å². The van der Waals surface area contributed by atoms with Crippen LogP contribution in [0, 0.1) is 0 Å². The van der Waals surface area contributed by atoms with E-state index in [0.717, 1.165) is 16.5 Å². The minimum Gasteiger partial charge on any atom is -0.508 e. The largest absolute Gasteiger partial charge is 0.508 e. The lowest BCUT2D eigenvalue weighted by atomic mass is 9.85. The number of azide groups is 1. The lowest BCUT2D eigenvalue weighted by Crippen LogP contribution is -2.48. The number of nitrogens with one attached hydrogen (secondary N) is 2. The Labute approximate surface area is 360 Å². The van der Waals surface area contributed by atoms with E-state index in [0.29, 0.717) is 54.3 Å². The van der Waals surface area contributed by atoms with Crippen LogP contribution in [0.1, 0.15) is 53.6 Å². The summed E-state index contributed by atoms with van der Waals surface area (Å²) in [5, 5.41) is 19.2. The summed E-state index contributed by atoms with van der Waals surface area (Å²) in [7, 11) is 0. The highest BCUT2D eigenvalue weighted by molar-refractivity contribution is 5.91. The predicted molar refractivity (Wildman–Crippen MR) is 222 cm³/mol. The number of aromatic hydroxyl groups is 1. The number of hydrogen-bond donors (Lipinski definition) is 3. The Morgan fingerprint density at radius 3 is 2.46 bits per heavy atom. The number of aryl methyl sites for hydroxylation is 1. The van der Waals surface area contributed by atoms with Crippen molar-refractivity contribution in [2.75, 3.05) is 59.3 Å². The van der Waals surface area contributed by atoms with Crippen LogP contribution in [0.4, 0.5) is 4.79 Å². The van der Waals surface area contributed by atoms with Gasteiger partial charge in [0.2, 0.25) is 11.5 Å². The molecule has 2 aromatic carbocycles. The second-order valence-corrected chi connectivity index (χ2v) is 14.5. The van der Waals surface area contributed by atoms with E-state index in [1.54, 1.807) is 54.0 Å². The molecule has 0 radical (unpaired) electrons. The first-order valence-electron chi connectivity index (χ1n) is 20.3. The number of ether oxygens (including phenoxy) is 6. The molecule has 0 fully saturated rings. The second kappa shape index (κ2) is 21.3. The zero-order chi connectivity index (χ0) is 44.9. The van der Waals surface area contributed by atoms with Gasteiger partial charge in [0.1, 0.15) is 38.7 Å². The summed E-state index contributed by atoms with van der Waals surface area (Å²) in [4.78, 5) is 85.0. The van der Waals surface area contributed by atoms with E-state index in [9.17, 15) is 33.9 Å². The van der Waals surface area contributed by atoms with Gasteiger partial charge in [0.15, 0.2) is 5.78 Å². The molecule has 0 spiro atoms. The third-order valence-corrected chi connectivity index (χ3v) is 10.4. The van der Waals surface area contributed by atoms with Crippen LogP contribution < -0.4 is 16.2 Å². The molecule has 2 aromatic heterocycles. The number of aromatic nitrogens is 2. The Bertz CT molecular complexity index is 2480. The van der Waals surface area contributed by atoms with Crippen molar-refractivity contribution in [3.8, 4) is 17.1 Å². The van der Waals surface area contributed by atoms with Crippen LogP contribution in [0.25, 0.3) is 32.7 Å². The number of phenolic OH excluding ortho intramolecular Hbond substituents is 1. The van der Waals surface area contributed by atoms with Gasteiger partial charge in [0.05, 0.1) is 55.4 Å².